The fourth-order valence-corrected chi connectivity index (χ4v) is 4.17. The predicted molar refractivity (Wildman–Crippen MR) is 95.7 cm³/mol. The summed E-state index contributed by atoms with van der Waals surface area (Å²) in [6, 6.07) is 11.0. The van der Waals surface area contributed by atoms with Gasteiger partial charge in [-0.1, -0.05) is 23.7 Å². The summed E-state index contributed by atoms with van der Waals surface area (Å²) in [6.45, 7) is 1.86. The van der Waals surface area contributed by atoms with Crippen LogP contribution in [0.5, 0.6) is 5.75 Å². The van der Waals surface area contributed by atoms with Crippen LogP contribution in [0.2, 0.25) is 5.02 Å². The van der Waals surface area contributed by atoms with Gasteiger partial charge in [-0.05, 0) is 36.8 Å². The Kier molecular flexibility index (Phi) is 4.90. The molecule has 6 nitrogen and oxygen atoms in total. The van der Waals surface area contributed by atoms with Crippen molar-refractivity contribution < 1.29 is 17.9 Å². The molecule has 26 heavy (non-hydrogen) atoms. The van der Waals surface area contributed by atoms with Crippen molar-refractivity contribution in [2.45, 2.75) is 30.8 Å². The number of ether oxygens (including phenoxy) is 1. The maximum Gasteiger partial charge on any atom is 0.265 e. The summed E-state index contributed by atoms with van der Waals surface area (Å²) < 4.78 is 32.7. The van der Waals surface area contributed by atoms with E-state index in [1.54, 1.807) is 12.1 Å². The molecule has 1 atom stereocenters. The highest BCUT2D eigenvalue weighted by atomic mass is 35.5. The number of carbonyl (C=O) groups is 1. The topological polar surface area (TPSA) is 96.3 Å². The van der Waals surface area contributed by atoms with Crippen LogP contribution in [0.25, 0.3) is 0 Å². The molecule has 0 aromatic heterocycles. The number of hydrogen-bond acceptors (Lipinski definition) is 5. The molecule has 1 heterocycles. The number of nitriles is 1. The minimum absolute atomic E-state index is 0.0853. The van der Waals surface area contributed by atoms with E-state index in [0.29, 0.717) is 23.3 Å². The zero-order chi connectivity index (χ0) is 18.9. The average molecular weight is 391 g/mol. The molecule has 0 spiro atoms. The standard InChI is InChI=1S/C18H15ClN2O4S/c1-11-7-14-9-15(10-16(19)17(14)25-11)26(23,24)21-18(22)13-4-2-3-12(8-13)5-6-20/h2-4,8-11H,5,7H2,1H3,(H,21,22)/t11-/m1/s1. The molecule has 1 aliphatic heterocycles. The van der Waals surface area contributed by atoms with Gasteiger partial charge in [0, 0.05) is 17.5 Å². The smallest absolute Gasteiger partial charge is 0.265 e. The molecule has 0 fully saturated rings. The van der Waals surface area contributed by atoms with Gasteiger partial charge in [-0.15, -0.1) is 0 Å². The summed E-state index contributed by atoms with van der Waals surface area (Å²) in [5.41, 5.74) is 1.48. The molecule has 0 unspecified atom stereocenters. The maximum atomic E-state index is 12.6. The van der Waals surface area contributed by atoms with E-state index in [-0.39, 0.29) is 28.0 Å². The van der Waals surface area contributed by atoms with E-state index in [4.69, 9.17) is 21.6 Å². The average Bonchev–Trinajstić information content (AvgIpc) is 2.96. The summed E-state index contributed by atoms with van der Waals surface area (Å²) >= 11 is 6.12. The SMILES string of the molecule is C[C@@H]1Cc2cc(S(=O)(=O)NC(=O)c3cccc(CC#N)c3)cc(Cl)c2O1. The van der Waals surface area contributed by atoms with Crippen LogP contribution in [0.15, 0.2) is 41.3 Å². The molecule has 1 amide bonds. The Balaban J connectivity index is 1.87. The molecule has 1 N–H and O–H groups in total. The summed E-state index contributed by atoms with van der Waals surface area (Å²) in [7, 11) is -4.10. The van der Waals surface area contributed by atoms with E-state index < -0.39 is 15.9 Å². The third-order valence-corrected chi connectivity index (χ3v) is 5.52. The van der Waals surface area contributed by atoms with Crippen molar-refractivity contribution >= 4 is 27.5 Å². The first-order valence-electron chi connectivity index (χ1n) is 7.82. The van der Waals surface area contributed by atoms with Crippen molar-refractivity contribution in [1.29, 1.82) is 5.26 Å². The number of nitrogens with one attached hydrogen (secondary N) is 1. The van der Waals surface area contributed by atoms with Crippen LogP contribution in [0.1, 0.15) is 28.4 Å². The molecule has 0 aliphatic carbocycles. The minimum Gasteiger partial charge on any atom is -0.489 e. The van der Waals surface area contributed by atoms with Gasteiger partial charge in [0.25, 0.3) is 15.9 Å². The molecular formula is C18H15ClN2O4S. The summed E-state index contributed by atoms with van der Waals surface area (Å²) in [6.07, 6.45) is 0.590. The molecule has 134 valence electrons. The van der Waals surface area contributed by atoms with Crippen LogP contribution in [-0.4, -0.2) is 20.4 Å². The van der Waals surface area contributed by atoms with Gasteiger partial charge in [-0.2, -0.15) is 5.26 Å². The molecule has 0 radical (unpaired) electrons. The maximum absolute atomic E-state index is 12.6. The van der Waals surface area contributed by atoms with Crippen LogP contribution in [0.3, 0.4) is 0 Å². The second kappa shape index (κ2) is 6.98. The molecular weight excluding hydrogens is 376 g/mol. The number of hydrogen-bond donors (Lipinski definition) is 1. The second-order valence-electron chi connectivity index (χ2n) is 6.00. The lowest BCUT2D eigenvalue weighted by atomic mass is 10.1. The van der Waals surface area contributed by atoms with E-state index in [2.05, 4.69) is 0 Å². The fourth-order valence-electron chi connectivity index (χ4n) is 2.77. The van der Waals surface area contributed by atoms with E-state index in [1.165, 1.54) is 24.3 Å². The highest BCUT2D eigenvalue weighted by molar-refractivity contribution is 7.90. The van der Waals surface area contributed by atoms with Gasteiger partial charge in [-0.25, -0.2) is 13.1 Å². The Hall–Kier alpha value is -2.56. The van der Waals surface area contributed by atoms with E-state index in [9.17, 15) is 13.2 Å². The number of benzene rings is 2. The largest absolute Gasteiger partial charge is 0.489 e. The Morgan fingerprint density at radius 1 is 1.38 bits per heavy atom. The zero-order valence-electron chi connectivity index (χ0n) is 13.8. The van der Waals surface area contributed by atoms with Gasteiger partial charge in [0.15, 0.2) is 0 Å². The Morgan fingerprint density at radius 2 is 2.15 bits per heavy atom. The zero-order valence-corrected chi connectivity index (χ0v) is 15.4. The third-order valence-electron chi connectivity index (χ3n) is 3.93. The first-order valence-corrected chi connectivity index (χ1v) is 9.68. The second-order valence-corrected chi connectivity index (χ2v) is 8.09. The van der Waals surface area contributed by atoms with Gasteiger partial charge in [0.1, 0.15) is 11.9 Å². The van der Waals surface area contributed by atoms with Crippen molar-refractivity contribution in [3.05, 3.63) is 58.1 Å². The molecule has 8 heteroatoms. The van der Waals surface area contributed by atoms with Crippen LogP contribution in [-0.2, 0) is 22.9 Å². The number of amides is 1. The van der Waals surface area contributed by atoms with Crippen LogP contribution in [0, 0.1) is 11.3 Å². The molecule has 0 bridgehead atoms. The highest BCUT2D eigenvalue weighted by Gasteiger charge is 2.27. The molecule has 3 rings (SSSR count). The molecule has 0 saturated heterocycles. The van der Waals surface area contributed by atoms with Crippen molar-refractivity contribution in [1.82, 2.24) is 4.72 Å². The van der Waals surface area contributed by atoms with Crippen molar-refractivity contribution in [2.75, 3.05) is 0 Å². The minimum atomic E-state index is -4.10. The number of nitrogens with zero attached hydrogens (tertiary/aromatic N) is 1. The molecule has 0 saturated carbocycles. The molecule has 2 aromatic carbocycles. The number of sulfonamides is 1. The lowest BCUT2D eigenvalue weighted by molar-refractivity contribution is 0.0981. The fraction of sp³-hybridized carbons (Fsp3) is 0.222. The van der Waals surface area contributed by atoms with Gasteiger partial charge in [0.2, 0.25) is 0 Å². The first-order chi connectivity index (χ1) is 12.3. The quantitative estimate of drug-likeness (QED) is 0.865. The highest BCUT2D eigenvalue weighted by Crippen LogP contribution is 2.37. The van der Waals surface area contributed by atoms with Crippen molar-refractivity contribution in [3.8, 4) is 11.8 Å². The van der Waals surface area contributed by atoms with Crippen LogP contribution < -0.4 is 9.46 Å². The number of halogens is 1. The van der Waals surface area contributed by atoms with E-state index >= 15 is 0 Å². The normalized spacial score (nSPS) is 15.7. The number of fused-ring (bicyclic) bond motifs is 1. The van der Waals surface area contributed by atoms with Crippen LogP contribution in [0.4, 0.5) is 0 Å². The monoisotopic (exact) mass is 390 g/mol. The lowest BCUT2D eigenvalue weighted by Crippen LogP contribution is -2.30. The first kappa shape index (κ1) is 18.2. The summed E-state index contributed by atoms with van der Waals surface area (Å²) in [4.78, 5) is 12.2. The predicted octanol–water partition coefficient (Wildman–Crippen LogP) is 2.85. The van der Waals surface area contributed by atoms with Gasteiger partial charge >= 0.3 is 0 Å². The van der Waals surface area contributed by atoms with Crippen LogP contribution >= 0.6 is 11.6 Å². The Morgan fingerprint density at radius 3 is 2.88 bits per heavy atom. The van der Waals surface area contributed by atoms with Gasteiger partial charge in [-0.3, -0.25) is 4.79 Å². The lowest BCUT2D eigenvalue weighted by Gasteiger charge is -2.10. The third kappa shape index (κ3) is 3.66. The Labute approximate surface area is 156 Å². The molecule has 2 aromatic rings. The molecule has 1 aliphatic rings. The van der Waals surface area contributed by atoms with Gasteiger partial charge in [0.05, 0.1) is 22.4 Å². The van der Waals surface area contributed by atoms with Crippen molar-refractivity contribution in [3.63, 3.8) is 0 Å². The number of carbonyl (C=O) groups excluding carboxylic acids is 1. The summed E-state index contributed by atoms with van der Waals surface area (Å²) in [5.74, 6) is -0.292. The number of rotatable bonds is 4. The summed E-state index contributed by atoms with van der Waals surface area (Å²) in [5, 5.41) is 8.93. The van der Waals surface area contributed by atoms with E-state index in [0.717, 1.165) is 0 Å². The van der Waals surface area contributed by atoms with Gasteiger partial charge < -0.3 is 4.74 Å². The van der Waals surface area contributed by atoms with E-state index in [1.807, 2.05) is 17.7 Å². The van der Waals surface area contributed by atoms with Crippen molar-refractivity contribution in [2.24, 2.45) is 0 Å². The Bertz CT molecular complexity index is 1030.